The summed E-state index contributed by atoms with van der Waals surface area (Å²) in [6.07, 6.45) is 1.90. The molecule has 0 radical (unpaired) electrons. The van der Waals surface area contributed by atoms with Gasteiger partial charge in [0.25, 0.3) is 0 Å². The number of ether oxygens (including phenoxy) is 1. The van der Waals surface area contributed by atoms with Crippen molar-refractivity contribution in [2.45, 2.75) is 26.9 Å². The predicted molar refractivity (Wildman–Crippen MR) is 77.1 cm³/mol. The van der Waals surface area contributed by atoms with Gasteiger partial charge in [-0.15, -0.1) is 0 Å². The highest BCUT2D eigenvalue weighted by Gasteiger charge is 1.97. The molecule has 0 unspecified atom stereocenters. The third-order valence-electron chi connectivity index (χ3n) is 2.84. The van der Waals surface area contributed by atoms with E-state index in [-0.39, 0.29) is 0 Å². The molecule has 2 rings (SSSR count). The van der Waals surface area contributed by atoms with Gasteiger partial charge in [-0.1, -0.05) is 18.2 Å². The molecule has 0 amide bonds. The minimum absolute atomic E-state index is 0.705. The third kappa shape index (κ3) is 4.38. The van der Waals surface area contributed by atoms with Gasteiger partial charge in [0.2, 0.25) is 0 Å². The highest BCUT2D eigenvalue weighted by molar-refractivity contribution is 5.27. The van der Waals surface area contributed by atoms with Crippen molar-refractivity contribution >= 4 is 0 Å². The van der Waals surface area contributed by atoms with Crippen LogP contribution < -0.4 is 10.1 Å². The van der Waals surface area contributed by atoms with Gasteiger partial charge < -0.3 is 10.1 Å². The Kier molecular flexibility index (Phi) is 4.93. The molecule has 1 aromatic heterocycles. The van der Waals surface area contributed by atoms with E-state index in [9.17, 15) is 0 Å². The summed E-state index contributed by atoms with van der Waals surface area (Å²) in [6.45, 7) is 6.36. The van der Waals surface area contributed by atoms with E-state index in [2.05, 4.69) is 34.6 Å². The van der Waals surface area contributed by atoms with Gasteiger partial charge >= 0.3 is 0 Å². The Morgan fingerprint density at radius 1 is 1.05 bits per heavy atom. The maximum Gasteiger partial charge on any atom is 0.119 e. The second-order valence-electron chi connectivity index (χ2n) is 4.51. The van der Waals surface area contributed by atoms with Gasteiger partial charge in [0, 0.05) is 19.3 Å². The summed E-state index contributed by atoms with van der Waals surface area (Å²) in [4.78, 5) is 4.37. The fraction of sp³-hybridized carbons (Fsp3) is 0.312. The first-order valence-electron chi connectivity index (χ1n) is 6.62. The Balaban J connectivity index is 1.80. The maximum absolute atomic E-state index is 5.42. The number of hydrogen-bond acceptors (Lipinski definition) is 3. The molecule has 0 spiro atoms. The number of aryl methyl sites for hydroxylation is 1. The van der Waals surface area contributed by atoms with Crippen LogP contribution in [-0.2, 0) is 13.1 Å². The normalized spacial score (nSPS) is 10.4. The average Bonchev–Trinajstić information content (AvgIpc) is 2.43. The fourth-order valence-electron chi connectivity index (χ4n) is 1.81. The van der Waals surface area contributed by atoms with Crippen LogP contribution in [0.4, 0.5) is 0 Å². The zero-order valence-electron chi connectivity index (χ0n) is 11.5. The largest absolute Gasteiger partial charge is 0.494 e. The number of nitrogens with zero attached hydrogens (tertiary/aromatic N) is 1. The summed E-state index contributed by atoms with van der Waals surface area (Å²) in [5.74, 6) is 0.923. The Morgan fingerprint density at radius 3 is 2.47 bits per heavy atom. The molecular weight excluding hydrogens is 236 g/mol. The lowest BCUT2D eigenvalue weighted by atomic mass is 10.2. The lowest BCUT2D eigenvalue weighted by molar-refractivity contribution is 0.340. The Morgan fingerprint density at radius 2 is 1.84 bits per heavy atom. The molecule has 0 aliphatic carbocycles. The SMILES string of the molecule is CCOc1ccc(CNCc2ccc(C)cn2)cc1. The van der Waals surface area contributed by atoms with Crippen LogP contribution in [0.5, 0.6) is 5.75 Å². The van der Waals surface area contributed by atoms with Crippen molar-refractivity contribution in [2.24, 2.45) is 0 Å². The van der Waals surface area contributed by atoms with E-state index in [4.69, 9.17) is 4.74 Å². The van der Waals surface area contributed by atoms with Gasteiger partial charge in [-0.3, -0.25) is 4.98 Å². The van der Waals surface area contributed by atoms with Gasteiger partial charge in [0.1, 0.15) is 5.75 Å². The van der Waals surface area contributed by atoms with Gasteiger partial charge in [0.15, 0.2) is 0 Å². The van der Waals surface area contributed by atoms with E-state index in [1.54, 1.807) is 0 Å². The Hall–Kier alpha value is -1.87. The van der Waals surface area contributed by atoms with Crippen LogP contribution in [-0.4, -0.2) is 11.6 Å². The number of pyridine rings is 1. The molecule has 1 N–H and O–H groups in total. The van der Waals surface area contributed by atoms with Gasteiger partial charge in [0.05, 0.1) is 12.3 Å². The Labute approximate surface area is 114 Å². The van der Waals surface area contributed by atoms with Crippen molar-refractivity contribution < 1.29 is 4.74 Å². The molecule has 0 fully saturated rings. The van der Waals surface area contributed by atoms with Crippen molar-refractivity contribution in [1.82, 2.24) is 10.3 Å². The van der Waals surface area contributed by atoms with E-state index in [1.807, 2.05) is 32.2 Å². The molecule has 19 heavy (non-hydrogen) atoms. The van der Waals surface area contributed by atoms with E-state index in [1.165, 1.54) is 11.1 Å². The summed E-state index contributed by atoms with van der Waals surface area (Å²) in [5, 5.41) is 3.39. The second-order valence-corrected chi connectivity index (χ2v) is 4.51. The Bertz CT molecular complexity index is 491. The van der Waals surface area contributed by atoms with Crippen LogP contribution >= 0.6 is 0 Å². The molecule has 100 valence electrons. The van der Waals surface area contributed by atoms with Crippen molar-refractivity contribution in [1.29, 1.82) is 0 Å². The number of nitrogens with one attached hydrogen (secondary N) is 1. The predicted octanol–water partition coefficient (Wildman–Crippen LogP) is 3.08. The molecule has 3 nitrogen and oxygen atoms in total. The van der Waals surface area contributed by atoms with Crippen LogP contribution in [0, 0.1) is 6.92 Å². The molecule has 0 aliphatic heterocycles. The van der Waals surface area contributed by atoms with E-state index >= 15 is 0 Å². The van der Waals surface area contributed by atoms with Crippen molar-refractivity contribution in [3.05, 3.63) is 59.4 Å². The standard InChI is InChI=1S/C16H20N2O/c1-3-19-16-8-5-14(6-9-16)11-17-12-15-7-4-13(2)10-18-15/h4-10,17H,3,11-12H2,1-2H3. The van der Waals surface area contributed by atoms with Gasteiger partial charge in [-0.2, -0.15) is 0 Å². The second kappa shape index (κ2) is 6.90. The highest BCUT2D eigenvalue weighted by atomic mass is 16.5. The zero-order chi connectivity index (χ0) is 13.5. The van der Waals surface area contributed by atoms with Gasteiger partial charge in [-0.05, 0) is 43.2 Å². The first-order valence-corrected chi connectivity index (χ1v) is 6.62. The molecule has 0 aliphatic rings. The molecule has 0 atom stereocenters. The summed E-state index contributed by atoms with van der Waals surface area (Å²) in [6, 6.07) is 12.3. The van der Waals surface area contributed by atoms with E-state index in [0.717, 1.165) is 24.5 Å². The molecule has 0 saturated heterocycles. The molecule has 3 heteroatoms. The summed E-state index contributed by atoms with van der Waals surface area (Å²) >= 11 is 0. The summed E-state index contributed by atoms with van der Waals surface area (Å²) in [5.41, 5.74) is 3.50. The number of rotatable bonds is 6. The molecule has 0 saturated carbocycles. The quantitative estimate of drug-likeness (QED) is 0.862. The van der Waals surface area contributed by atoms with E-state index < -0.39 is 0 Å². The smallest absolute Gasteiger partial charge is 0.119 e. The summed E-state index contributed by atoms with van der Waals surface area (Å²) in [7, 11) is 0. The fourth-order valence-corrected chi connectivity index (χ4v) is 1.81. The zero-order valence-corrected chi connectivity index (χ0v) is 11.5. The topological polar surface area (TPSA) is 34.1 Å². The summed E-state index contributed by atoms with van der Waals surface area (Å²) < 4.78 is 5.42. The monoisotopic (exact) mass is 256 g/mol. The van der Waals surface area contributed by atoms with Crippen LogP contribution in [0.15, 0.2) is 42.6 Å². The van der Waals surface area contributed by atoms with E-state index in [0.29, 0.717) is 6.61 Å². The maximum atomic E-state index is 5.42. The molecule has 2 aromatic rings. The third-order valence-corrected chi connectivity index (χ3v) is 2.84. The number of benzene rings is 1. The van der Waals surface area contributed by atoms with Crippen LogP contribution in [0.25, 0.3) is 0 Å². The lowest BCUT2D eigenvalue weighted by Gasteiger charge is -2.06. The van der Waals surface area contributed by atoms with Crippen molar-refractivity contribution in [2.75, 3.05) is 6.61 Å². The lowest BCUT2D eigenvalue weighted by Crippen LogP contribution is -2.13. The number of aromatic nitrogens is 1. The molecule has 1 aromatic carbocycles. The number of hydrogen-bond donors (Lipinski definition) is 1. The first kappa shape index (κ1) is 13.6. The highest BCUT2D eigenvalue weighted by Crippen LogP contribution is 2.11. The van der Waals surface area contributed by atoms with Crippen LogP contribution in [0.3, 0.4) is 0 Å². The minimum Gasteiger partial charge on any atom is -0.494 e. The minimum atomic E-state index is 0.705. The van der Waals surface area contributed by atoms with Crippen LogP contribution in [0.1, 0.15) is 23.7 Å². The van der Waals surface area contributed by atoms with Crippen molar-refractivity contribution in [3.8, 4) is 5.75 Å². The average molecular weight is 256 g/mol. The van der Waals surface area contributed by atoms with Gasteiger partial charge in [-0.25, -0.2) is 0 Å². The first-order chi connectivity index (χ1) is 9.28. The van der Waals surface area contributed by atoms with Crippen LogP contribution in [0.2, 0.25) is 0 Å². The molecule has 0 bridgehead atoms. The molecular formula is C16H20N2O. The van der Waals surface area contributed by atoms with Crippen molar-refractivity contribution in [3.63, 3.8) is 0 Å². The molecule has 1 heterocycles.